The minimum absolute atomic E-state index is 0.0927. The molecule has 4 rings (SSSR count). The Hall–Kier alpha value is -3.76. The fraction of sp³-hybridized carbons (Fsp3) is 0.250. The zero-order valence-corrected chi connectivity index (χ0v) is 19.5. The first-order chi connectivity index (χ1) is 16.9. The van der Waals surface area contributed by atoms with Crippen molar-refractivity contribution in [2.75, 3.05) is 5.32 Å². The maximum absolute atomic E-state index is 13.8. The molecule has 0 atom stereocenters. The average Bonchev–Trinajstić information content (AvgIpc) is 3.48. The summed E-state index contributed by atoms with van der Waals surface area (Å²) >= 11 is 6.12. The van der Waals surface area contributed by atoms with Gasteiger partial charge in [0, 0.05) is 24.5 Å². The Labute approximate surface area is 205 Å². The summed E-state index contributed by atoms with van der Waals surface area (Å²) in [5, 5.41) is 18.4. The van der Waals surface area contributed by atoms with E-state index in [1.54, 1.807) is 30.0 Å². The normalized spacial score (nSPS) is 11.1. The molecule has 0 radical (unpaired) electrons. The molecule has 0 aliphatic heterocycles. The molecule has 0 aliphatic rings. The number of nitrogens with one attached hydrogen (secondary N) is 3. The predicted molar refractivity (Wildman–Crippen MR) is 129 cm³/mol. The minimum atomic E-state index is -0.463. The first-order valence-corrected chi connectivity index (χ1v) is 11.5. The van der Waals surface area contributed by atoms with Gasteiger partial charge in [-0.05, 0) is 36.6 Å². The van der Waals surface area contributed by atoms with Crippen LogP contribution >= 0.6 is 11.6 Å². The van der Waals surface area contributed by atoms with E-state index in [0.29, 0.717) is 49.3 Å². The number of H-pyrrole nitrogens is 1. The molecule has 9 nitrogen and oxygen atoms in total. The largest absolute Gasteiger partial charge is 0.326 e. The number of hydrogen-bond acceptors (Lipinski definition) is 5. The molecule has 0 spiro atoms. The molecular weight excluding hydrogens is 475 g/mol. The van der Waals surface area contributed by atoms with Crippen LogP contribution in [0.15, 0.2) is 48.8 Å². The summed E-state index contributed by atoms with van der Waals surface area (Å²) < 4.78 is 15.7. The minimum Gasteiger partial charge on any atom is -0.326 e. The van der Waals surface area contributed by atoms with Crippen molar-refractivity contribution >= 4 is 40.3 Å². The van der Waals surface area contributed by atoms with Gasteiger partial charge < -0.3 is 9.88 Å². The summed E-state index contributed by atoms with van der Waals surface area (Å²) in [7, 11) is 0. The number of unbranched alkanes of at least 4 members (excludes halogenated alkanes) is 2. The van der Waals surface area contributed by atoms with Gasteiger partial charge in [-0.15, -0.1) is 0 Å². The van der Waals surface area contributed by atoms with Crippen LogP contribution in [0.5, 0.6) is 0 Å². The van der Waals surface area contributed by atoms with Crippen LogP contribution < -0.4 is 10.8 Å². The van der Waals surface area contributed by atoms with Crippen LogP contribution in [0.25, 0.3) is 22.3 Å². The fourth-order valence-electron chi connectivity index (χ4n) is 3.75. The van der Waals surface area contributed by atoms with Crippen molar-refractivity contribution < 1.29 is 19.2 Å². The van der Waals surface area contributed by atoms with Crippen molar-refractivity contribution in [3.8, 4) is 11.3 Å². The van der Waals surface area contributed by atoms with Gasteiger partial charge in [-0.1, -0.05) is 36.2 Å². The van der Waals surface area contributed by atoms with Crippen LogP contribution in [-0.4, -0.2) is 36.8 Å². The van der Waals surface area contributed by atoms with E-state index in [-0.39, 0.29) is 17.4 Å². The number of anilines is 1. The molecule has 2 aromatic heterocycles. The summed E-state index contributed by atoms with van der Waals surface area (Å²) in [6.45, 7) is 0.367. The lowest BCUT2D eigenvalue weighted by Gasteiger charge is -2.08. The van der Waals surface area contributed by atoms with Crippen molar-refractivity contribution in [3.05, 3.63) is 65.2 Å². The monoisotopic (exact) mass is 498 g/mol. The Kier molecular flexibility index (Phi) is 7.74. The van der Waals surface area contributed by atoms with E-state index in [2.05, 4.69) is 20.5 Å². The van der Waals surface area contributed by atoms with E-state index in [1.165, 1.54) is 6.07 Å². The molecule has 0 fully saturated rings. The van der Waals surface area contributed by atoms with Crippen LogP contribution in [-0.2, 0) is 16.1 Å². The van der Waals surface area contributed by atoms with Crippen molar-refractivity contribution in [1.29, 1.82) is 0 Å². The Balaban J connectivity index is 1.40. The summed E-state index contributed by atoms with van der Waals surface area (Å²) in [5.74, 6) is -0.659. The molecule has 4 N–H and O–H groups in total. The van der Waals surface area contributed by atoms with Gasteiger partial charge in [0.15, 0.2) is 5.82 Å². The molecule has 4 aromatic rings. The Bertz CT molecular complexity index is 1350. The van der Waals surface area contributed by atoms with Crippen molar-refractivity contribution in [3.63, 3.8) is 0 Å². The zero-order valence-electron chi connectivity index (χ0n) is 18.7. The number of amides is 2. The van der Waals surface area contributed by atoms with E-state index in [0.717, 1.165) is 16.6 Å². The summed E-state index contributed by atoms with van der Waals surface area (Å²) in [4.78, 5) is 27.6. The van der Waals surface area contributed by atoms with Gasteiger partial charge in [0.2, 0.25) is 11.8 Å². The van der Waals surface area contributed by atoms with Crippen molar-refractivity contribution in [1.82, 2.24) is 25.2 Å². The van der Waals surface area contributed by atoms with Crippen LogP contribution in [0.1, 0.15) is 37.7 Å². The quantitative estimate of drug-likeness (QED) is 0.144. The van der Waals surface area contributed by atoms with Crippen molar-refractivity contribution in [2.45, 2.75) is 38.6 Å². The third-order valence-corrected chi connectivity index (χ3v) is 6.01. The number of hydrogen-bond donors (Lipinski definition) is 4. The Morgan fingerprint density at radius 1 is 1.09 bits per heavy atom. The van der Waals surface area contributed by atoms with Gasteiger partial charge in [-0.25, -0.2) is 14.9 Å². The maximum atomic E-state index is 13.8. The van der Waals surface area contributed by atoms with Gasteiger partial charge in [-0.3, -0.25) is 19.9 Å². The fourth-order valence-corrected chi connectivity index (χ4v) is 3.93. The third-order valence-electron chi connectivity index (χ3n) is 5.58. The second kappa shape index (κ2) is 11.1. The smallest absolute Gasteiger partial charge is 0.243 e. The number of fused-ring (bicyclic) bond motifs is 1. The highest BCUT2D eigenvalue weighted by Crippen LogP contribution is 2.26. The molecule has 0 saturated heterocycles. The molecule has 2 heterocycles. The van der Waals surface area contributed by atoms with Crippen LogP contribution in [0.2, 0.25) is 5.02 Å². The lowest BCUT2D eigenvalue weighted by molar-refractivity contribution is -0.129. The SMILES string of the molecule is O=C(CCCCCC(=O)Nc1cc(-c2ccc3ncn(Cc4cccc(F)c4Cl)c3c2)[nH]n1)NO. The zero-order chi connectivity index (χ0) is 24.8. The molecular formula is C24H24ClFN6O3. The number of rotatable bonds is 10. The third kappa shape index (κ3) is 6.03. The van der Waals surface area contributed by atoms with E-state index >= 15 is 0 Å². The highest BCUT2D eigenvalue weighted by Gasteiger charge is 2.12. The number of carbonyl (C=O) groups is 2. The number of hydroxylamine groups is 1. The molecule has 2 aromatic carbocycles. The predicted octanol–water partition coefficient (Wildman–Crippen LogP) is 4.66. The number of imidazole rings is 1. The van der Waals surface area contributed by atoms with E-state index in [4.69, 9.17) is 16.8 Å². The first kappa shape index (κ1) is 24.4. The average molecular weight is 499 g/mol. The lowest BCUT2D eigenvalue weighted by Crippen LogP contribution is -2.17. The first-order valence-electron chi connectivity index (χ1n) is 11.1. The Morgan fingerprint density at radius 2 is 1.89 bits per heavy atom. The van der Waals surface area contributed by atoms with Gasteiger partial charge in [0.05, 0.1) is 34.6 Å². The van der Waals surface area contributed by atoms with Crippen LogP contribution in [0.4, 0.5) is 10.2 Å². The molecule has 0 unspecified atom stereocenters. The molecule has 11 heteroatoms. The number of aromatic nitrogens is 4. The lowest BCUT2D eigenvalue weighted by atomic mass is 10.1. The topological polar surface area (TPSA) is 125 Å². The molecule has 0 bridgehead atoms. The summed E-state index contributed by atoms with van der Waals surface area (Å²) in [5.41, 5.74) is 5.43. The number of halogens is 2. The van der Waals surface area contributed by atoms with E-state index in [1.807, 2.05) is 22.8 Å². The van der Waals surface area contributed by atoms with Gasteiger partial charge in [0.1, 0.15) is 5.82 Å². The van der Waals surface area contributed by atoms with Gasteiger partial charge >= 0.3 is 0 Å². The summed E-state index contributed by atoms with van der Waals surface area (Å²) in [6, 6.07) is 12.2. The Morgan fingerprint density at radius 3 is 2.69 bits per heavy atom. The number of carbonyl (C=O) groups excluding carboxylic acids is 2. The second-order valence-corrected chi connectivity index (χ2v) is 8.48. The highest BCUT2D eigenvalue weighted by molar-refractivity contribution is 6.31. The number of aromatic amines is 1. The highest BCUT2D eigenvalue weighted by atomic mass is 35.5. The molecule has 182 valence electrons. The number of benzene rings is 2. The van der Waals surface area contributed by atoms with Crippen LogP contribution in [0, 0.1) is 5.82 Å². The van der Waals surface area contributed by atoms with E-state index in [9.17, 15) is 14.0 Å². The van der Waals surface area contributed by atoms with Crippen LogP contribution in [0.3, 0.4) is 0 Å². The van der Waals surface area contributed by atoms with Gasteiger partial charge in [-0.2, -0.15) is 5.10 Å². The molecule has 2 amide bonds. The maximum Gasteiger partial charge on any atom is 0.243 e. The van der Waals surface area contributed by atoms with Crippen molar-refractivity contribution in [2.24, 2.45) is 0 Å². The standard InChI is InChI=1S/C24H24ClFN6O3/c25-24-16(5-4-6-17(24)26)13-32-14-27-18-10-9-15(11-20(18)32)19-12-21(30-29-19)28-22(33)7-2-1-3-8-23(34)31-35/h4-6,9-12,14,35H,1-3,7-8,13H2,(H,31,34)(H2,28,29,30,33). The molecule has 0 aliphatic carbocycles. The molecule has 35 heavy (non-hydrogen) atoms. The second-order valence-electron chi connectivity index (χ2n) is 8.10. The van der Waals surface area contributed by atoms with E-state index < -0.39 is 11.7 Å². The van der Waals surface area contributed by atoms with Gasteiger partial charge in [0.25, 0.3) is 0 Å². The number of nitrogens with zero attached hydrogens (tertiary/aromatic N) is 3. The molecule has 0 saturated carbocycles. The summed E-state index contributed by atoms with van der Waals surface area (Å²) in [6.07, 6.45) is 4.12.